The van der Waals surface area contributed by atoms with E-state index >= 15 is 0 Å². The van der Waals surface area contributed by atoms with Crippen LogP contribution >= 0.6 is 0 Å². The first kappa shape index (κ1) is 20.8. The van der Waals surface area contributed by atoms with E-state index in [0.717, 1.165) is 12.6 Å². The van der Waals surface area contributed by atoms with Crippen molar-refractivity contribution in [1.82, 2.24) is 4.90 Å². The largest absolute Gasteiger partial charge is 0.458 e. The Hall–Kier alpha value is -2.94. The first-order valence-electron chi connectivity index (χ1n) is 9.07. The molecule has 2 aromatic carbocycles. The van der Waals surface area contributed by atoms with Gasteiger partial charge in [0.25, 0.3) is 5.69 Å². The topological polar surface area (TPSA) is 72.7 Å². The molecule has 0 radical (unpaired) electrons. The molecule has 1 fully saturated rings. The molecule has 0 spiro atoms. The van der Waals surface area contributed by atoms with Crippen molar-refractivity contribution >= 4 is 11.7 Å². The number of likely N-dealkylation sites (tertiary alicyclic amines) is 1. The summed E-state index contributed by atoms with van der Waals surface area (Å²) in [5, 5.41) is 11.1. The second kappa shape index (κ2) is 8.60. The lowest BCUT2D eigenvalue weighted by Gasteiger charge is -2.31. The molecule has 0 aliphatic carbocycles. The van der Waals surface area contributed by atoms with Gasteiger partial charge in [-0.25, -0.2) is 4.79 Å². The van der Waals surface area contributed by atoms with Crippen LogP contribution < -0.4 is 0 Å². The van der Waals surface area contributed by atoms with Crippen LogP contribution in [0.4, 0.5) is 18.9 Å². The molecule has 0 aromatic heterocycles. The minimum Gasteiger partial charge on any atom is -0.458 e. The average Bonchev–Trinajstić information content (AvgIpc) is 2.69. The van der Waals surface area contributed by atoms with Gasteiger partial charge in [-0.3, -0.25) is 15.0 Å². The Kier molecular flexibility index (Phi) is 6.17. The van der Waals surface area contributed by atoms with Crippen LogP contribution in [-0.2, 0) is 17.5 Å². The highest BCUT2D eigenvalue weighted by Gasteiger charge is 2.35. The number of hydrogen-bond acceptors (Lipinski definition) is 5. The van der Waals surface area contributed by atoms with E-state index in [9.17, 15) is 28.1 Å². The number of alkyl halides is 3. The first-order valence-corrected chi connectivity index (χ1v) is 9.07. The lowest BCUT2D eigenvalue weighted by atomic mass is 10.1. The Labute approximate surface area is 165 Å². The molecule has 2 aromatic rings. The number of rotatable bonds is 5. The van der Waals surface area contributed by atoms with Crippen molar-refractivity contribution in [2.24, 2.45) is 0 Å². The quantitative estimate of drug-likeness (QED) is 0.416. The zero-order chi connectivity index (χ0) is 21.0. The third kappa shape index (κ3) is 5.32. The molecular weight excluding hydrogens is 389 g/mol. The van der Waals surface area contributed by atoms with Gasteiger partial charge in [0.05, 0.1) is 10.5 Å². The lowest BCUT2D eigenvalue weighted by Crippen LogP contribution is -2.37. The number of nitro groups is 1. The molecule has 0 saturated carbocycles. The number of carbonyl (C=O) groups is 1. The number of esters is 1. The van der Waals surface area contributed by atoms with Crippen LogP contribution in [-0.4, -0.2) is 35.0 Å². The molecule has 1 aliphatic rings. The Morgan fingerprint density at radius 1 is 1.14 bits per heavy atom. The van der Waals surface area contributed by atoms with Crippen molar-refractivity contribution in [3.8, 4) is 0 Å². The molecule has 1 aliphatic heterocycles. The number of piperidine rings is 1. The Morgan fingerprint density at radius 2 is 1.79 bits per heavy atom. The van der Waals surface area contributed by atoms with Gasteiger partial charge in [0.1, 0.15) is 11.7 Å². The third-order valence-electron chi connectivity index (χ3n) is 4.80. The summed E-state index contributed by atoms with van der Waals surface area (Å²) in [5.41, 5.74) is -1.40. The van der Waals surface area contributed by atoms with Gasteiger partial charge in [-0.05, 0) is 30.5 Å². The monoisotopic (exact) mass is 408 g/mol. The van der Waals surface area contributed by atoms with Gasteiger partial charge >= 0.3 is 12.1 Å². The minimum atomic E-state index is -4.74. The van der Waals surface area contributed by atoms with Gasteiger partial charge < -0.3 is 4.74 Å². The number of ether oxygens (including phenoxy) is 1. The van der Waals surface area contributed by atoms with Crippen LogP contribution in [0.25, 0.3) is 0 Å². The van der Waals surface area contributed by atoms with Crippen molar-refractivity contribution in [2.75, 3.05) is 13.1 Å². The van der Waals surface area contributed by atoms with E-state index < -0.39 is 40.0 Å². The molecule has 0 amide bonds. The Bertz CT molecular complexity index is 879. The smallest absolute Gasteiger partial charge is 0.416 e. The fourth-order valence-electron chi connectivity index (χ4n) is 3.27. The summed E-state index contributed by atoms with van der Waals surface area (Å²) >= 11 is 0. The molecule has 154 valence electrons. The summed E-state index contributed by atoms with van der Waals surface area (Å²) < 4.78 is 43.7. The van der Waals surface area contributed by atoms with Crippen molar-refractivity contribution in [3.63, 3.8) is 0 Å². The standard InChI is InChI=1S/C20H19F3N2O4/c21-20(22,23)15-6-7-17(18(12-15)25(27)28)19(26)29-16-8-10-24(11-9-16)13-14-4-2-1-3-5-14/h1-7,12,16H,8-11,13H2. The van der Waals surface area contributed by atoms with Crippen LogP contribution in [0.2, 0.25) is 0 Å². The molecule has 9 heteroatoms. The Balaban J connectivity index is 1.62. The van der Waals surface area contributed by atoms with Crippen molar-refractivity contribution in [2.45, 2.75) is 31.7 Å². The second-order valence-electron chi connectivity index (χ2n) is 6.85. The molecule has 6 nitrogen and oxygen atoms in total. The number of nitro benzene ring substituents is 1. The highest BCUT2D eigenvalue weighted by Crippen LogP contribution is 2.33. The number of halogens is 3. The second-order valence-corrected chi connectivity index (χ2v) is 6.85. The number of carbonyl (C=O) groups excluding carboxylic acids is 1. The van der Waals surface area contributed by atoms with E-state index in [1.807, 2.05) is 30.3 Å². The molecule has 1 heterocycles. The number of nitrogens with zero attached hydrogens (tertiary/aromatic N) is 2. The molecule has 0 N–H and O–H groups in total. The maximum atomic E-state index is 12.8. The Morgan fingerprint density at radius 3 is 2.38 bits per heavy atom. The van der Waals surface area contributed by atoms with Crippen molar-refractivity contribution in [3.05, 3.63) is 75.3 Å². The predicted octanol–water partition coefficient (Wildman–Crippen LogP) is 4.44. The zero-order valence-corrected chi connectivity index (χ0v) is 15.4. The summed E-state index contributed by atoms with van der Waals surface area (Å²) in [7, 11) is 0. The lowest BCUT2D eigenvalue weighted by molar-refractivity contribution is -0.385. The normalized spacial score (nSPS) is 15.8. The van der Waals surface area contributed by atoms with E-state index in [2.05, 4.69) is 4.90 Å². The summed E-state index contributed by atoms with van der Waals surface area (Å²) in [4.78, 5) is 24.7. The van der Waals surface area contributed by atoms with Crippen LogP contribution in [0.1, 0.15) is 34.3 Å². The SMILES string of the molecule is O=C(OC1CCN(Cc2ccccc2)CC1)c1ccc(C(F)(F)F)cc1[N+](=O)[O-]. The fourth-order valence-corrected chi connectivity index (χ4v) is 3.27. The summed E-state index contributed by atoms with van der Waals surface area (Å²) in [6.07, 6.45) is -4.07. The van der Waals surface area contributed by atoms with Gasteiger partial charge in [0.15, 0.2) is 0 Å². The number of hydrogen-bond donors (Lipinski definition) is 0. The van der Waals surface area contributed by atoms with Crippen LogP contribution in [0, 0.1) is 10.1 Å². The molecule has 29 heavy (non-hydrogen) atoms. The summed E-state index contributed by atoms with van der Waals surface area (Å²) in [5.74, 6) is -0.980. The summed E-state index contributed by atoms with van der Waals surface area (Å²) in [6, 6.07) is 11.7. The number of benzene rings is 2. The van der Waals surface area contributed by atoms with Gasteiger partial charge in [-0.2, -0.15) is 13.2 Å². The van der Waals surface area contributed by atoms with Gasteiger partial charge in [0.2, 0.25) is 0 Å². The molecule has 1 saturated heterocycles. The third-order valence-corrected chi connectivity index (χ3v) is 4.80. The van der Waals surface area contributed by atoms with Crippen LogP contribution in [0.15, 0.2) is 48.5 Å². The van der Waals surface area contributed by atoms with Crippen LogP contribution in [0.5, 0.6) is 0 Å². The van der Waals surface area contributed by atoms with E-state index in [-0.39, 0.29) is 0 Å². The van der Waals surface area contributed by atoms with E-state index in [1.165, 1.54) is 5.56 Å². The van der Waals surface area contributed by atoms with Gasteiger partial charge in [-0.15, -0.1) is 0 Å². The highest BCUT2D eigenvalue weighted by molar-refractivity contribution is 5.94. The van der Waals surface area contributed by atoms with Gasteiger partial charge in [0, 0.05) is 25.7 Å². The molecule has 0 unspecified atom stereocenters. The zero-order valence-electron chi connectivity index (χ0n) is 15.4. The fraction of sp³-hybridized carbons (Fsp3) is 0.350. The molecular formula is C20H19F3N2O4. The van der Waals surface area contributed by atoms with Gasteiger partial charge in [-0.1, -0.05) is 30.3 Å². The predicted molar refractivity (Wildman–Crippen MR) is 98.3 cm³/mol. The van der Waals surface area contributed by atoms with Crippen molar-refractivity contribution < 1.29 is 27.6 Å². The average molecular weight is 408 g/mol. The summed E-state index contributed by atoms with van der Waals surface area (Å²) in [6.45, 7) is 2.13. The molecule has 0 bridgehead atoms. The van der Waals surface area contributed by atoms with Crippen LogP contribution in [0.3, 0.4) is 0 Å². The van der Waals surface area contributed by atoms with E-state index in [0.29, 0.717) is 38.1 Å². The van der Waals surface area contributed by atoms with E-state index in [4.69, 9.17) is 4.74 Å². The van der Waals surface area contributed by atoms with Crippen molar-refractivity contribution in [1.29, 1.82) is 0 Å². The molecule has 3 rings (SSSR count). The maximum absolute atomic E-state index is 12.8. The first-order chi connectivity index (χ1) is 13.7. The minimum absolute atomic E-state index is 0.360. The molecule has 0 atom stereocenters. The van der Waals surface area contributed by atoms with E-state index in [1.54, 1.807) is 0 Å². The highest BCUT2D eigenvalue weighted by atomic mass is 19.4. The maximum Gasteiger partial charge on any atom is 0.416 e.